The van der Waals surface area contributed by atoms with Gasteiger partial charge in [-0.05, 0) is 37.3 Å². The van der Waals surface area contributed by atoms with Crippen molar-refractivity contribution in [3.63, 3.8) is 0 Å². The molecule has 0 saturated carbocycles. The standard InChI is InChI=1S/C19H26N4O4S/c1-5-20-15-11-10-14(28(25,26)23(2)3)12-17(15)21-13-19(24)22-16-8-6-7-9-18(16)27-4/h6-12,20-21H,5,13H2,1-4H3,(H,22,24). The van der Waals surface area contributed by atoms with Crippen LogP contribution in [0.25, 0.3) is 0 Å². The molecule has 0 fully saturated rings. The van der Waals surface area contributed by atoms with Gasteiger partial charge in [0.1, 0.15) is 5.75 Å². The summed E-state index contributed by atoms with van der Waals surface area (Å²) in [4.78, 5) is 12.5. The first-order valence-electron chi connectivity index (χ1n) is 8.76. The first-order chi connectivity index (χ1) is 13.3. The lowest BCUT2D eigenvalue weighted by Gasteiger charge is -2.17. The second-order valence-corrected chi connectivity index (χ2v) is 8.28. The number of amides is 1. The number of para-hydroxylation sites is 2. The summed E-state index contributed by atoms with van der Waals surface area (Å²) in [5, 5.41) is 8.93. The van der Waals surface area contributed by atoms with Crippen LogP contribution in [0.5, 0.6) is 5.75 Å². The number of benzene rings is 2. The molecular formula is C19H26N4O4S. The van der Waals surface area contributed by atoms with E-state index >= 15 is 0 Å². The lowest BCUT2D eigenvalue weighted by molar-refractivity contribution is -0.114. The Labute approximate surface area is 165 Å². The number of sulfonamides is 1. The zero-order valence-corrected chi connectivity index (χ0v) is 17.3. The number of rotatable bonds is 9. The summed E-state index contributed by atoms with van der Waals surface area (Å²) in [6.45, 7) is 2.55. The predicted octanol–water partition coefficient (Wildman–Crippen LogP) is 2.43. The van der Waals surface area contributed by atoms with Crippen LogP contribution in [-0.2, 0) is 14.8 Å². The summed E-state index contributed by atoms with van der Waals surface area (Å²) >= 11 is 0. The first-order valence-corrected chi connectivity index (χ1v) is 10.2. The maximum Gasteiger partial charge on any atom is 0.243 e. The minimum atomic E-state index is -3.58. The van der Waals surface area contributed by atoms with Crippen LogP contribution >= 0.6 is 0 Å². The number of nitrogens with zero attached hydrogens (tertiary/aromatic N) is 1. The number of nitrogens with one attached hydrogen (secondary N) is 3. The number of carbonyl (C=O) groups excluding carboxylic acids is 1. The lowest BCUT2D eigenvalue weighted by Crippen LogP contribution is -2.24. The fourth-order valence-corrected chi connectivity index (χ4v) is 3.43. The van der Waals surface area contributed by atoms with Crippen LogP contribution in [0.15, 0.2) is 47.4 Å². The zero-order valence-electron chi connectivity index (χ0n) is 16.4. The Morgan fingerprint density at radius 1 is 1.04 bits per heavy atom. The van der Waals surface area contributed by atoms with Crippen molar-refractivity contribution in [1.82, 2.24) is 4.31 Å². The Bertz CT molecular complexity index is 929. The van der Waals surface area contributed by atoms with E-state index in [0.717, 1.165) is 4.31 Å². The summed E-state index contributed by atoms with van der Waals surface area (Å²) in [7, 11) is 0.899. The molecule has 28 heavy (non-hydrogen) atoms. The summed E-state index contributed by atoms with van der Waals surface area (Å²) in [6.07, 6.45) is 0. The van der Waals surface area contributed by atoms with Crippen LogP contribution in [0.1, 0.15) is 6.92 Å². The molecule has 2 rings (SSSR count). The maximum atomic E-state index is 12.4. The smallest absolute Gasteiger partial charge is 0.243 e. The quantitative estimate of drug-likeness (QED) is 0.591. The van der Waals surface area contributed by atoms with Crippen molar-refractivity contribution in [2.75, 3.05) is 50.2 Å². The Morgan fingerprint density at radius 3 is 2.39 bits per heavy atom. The van der Waals surface area contributed by atoms with E-state index in [2.05, 4.69) is 16.0 Å². The molecule has 0 aliphatic rings. The fourth-order valence-electron chi connectivity index (χ4n) is 2.50. The van der Waals surface area contributed by atoms with Crippen LogP contribution in [0.2, 0.25) is 0 Å². The van der Waals surface area contributed by atoms with E-state index in [9.17, 15) is 13.2 Å². The largest absolute Gasteiger partial charge is 0.495 e. The van der Waals surface area contributed by atoms with E-state index in [0.29, 0.717) is 29.4 Å². The molecule has 0 heterocycles. The van der Waals surface area contributed by atoms with E-state index in [-0.39, 0.29) is 17.3 Å². The number of hydrogen-bond acceptors (Lipinski definition) is 6. The van der Waals surface area contributed by atoms with Gasteiger partial charge in [-0.15, -0.1) is 0 Å². The molecule has 9 heteroatoms. The minimum absolute atomic E-state index is 0.0398. The molecule has 0 aliphatic heterocycles. The van der Waals surface area contributed by atoms with E-state index in [1.165, 1.54) is 33.3 Å². The van der Waals surface area contributed by atoms with Gasteiger partial charge in [-0.25, -0.2) is 12.7 Å². The Morgan fingerprint density at radius 2 is 1.75 bits per heavy atom. The van der Waals surface area contributed by atoms with Crippen LogP contribution < -0.4 is 20.7 Å². The molecule has 2 aromatic carbocycles. The number of anilines is 3. The van der Waals surface area contributed by atoms with Crippen molar-refractivity contribution < 1.29 is 17.9 Å². The van der Waals surface area contributed by atoms with Gasteiger partial charge in [0, 0.05) is 20.6 Å². The molecule has 0 bridgehead atoms. The molecular weight excluding hydrogens is 380 g/mol. The van der Waals surface area contributed by atoms with Gasteiger partial charge in [0.25, 0.3) is 0 Å². The van der Waals surface area contributed by atoms with E-state index in [4.69, 9.17) is 4.74 Å². The van der Waals surface area contributed by atoms with Gasteiger partial charge in [-0.2, -0.15) is 0 Å². The average molecular weight is 407 g/mol. The topological polar surface area (TPSA) is 99.8 Å². The minimum Gasteiger partial charge on any atom is -0.495 e. The van der Waals surface area contributed by atoms with Gasteiger partial charge in [0.2, 0.25) is 15.9 Å². The molecule has 0 unspecified atom stereocenters. The van der Waals surface area contributed by atoms with Crippen molar-refractivity contribution in [2.24, 2.45) is 0 Å². The van der Waals surface area contributed by atoms with Gasteiger partial charge in [-0.1, -0.05) is 12.1 Å². The summed E-state index contributed by atoms with van der Waals surface area (Å²) in [5.41, 5.74) is 1.80. The molecule has 0 atom stereocenters. The molecule has 3 N–H and O–H groups in total. The molecule has 0 aromatic heterocycles. The second-order valence-electron chi connectivity index (χ2n) is 6.13. The number of carbonyl (C=O) groups is 1. The molecule has 2 aromatic rings. The molecule has 8 nitrogen and oxygen atoms in total. The van der Waals surface area contributed by atoms with Crippen molar-refractivity contribution >= 4 is 33.0 Å². The first kappa shape index (κ1) is 21.5. The van der Waals surface area contributed by atoms with Gasteiger partial charge in [-0.3, -0.25) is 4.79 Å². The molecule has 0 radical (unpaired) electrons. The number of methoxy groups -OCH3 is 1. The molecule has 152 valence electrons. The van der Waals surface area contributed by atoms with E-state index < -0.39 is 10.0 Å². The van der Waals surface area contributed by atoms with Gasteiger partial charge in [0.05, 0.1) is 35.6 Å². The summed E-state index contributed by atoms with van der Waals surface area (Å²) < 4.78 is 31.1. The van der Waals surface area contributed by atoms with Crippen molar-refractivity contribution in [3.8, 4) is 5.75 Å². The summed E-state index contributed by atoms with van der Waals surface area (Å²) in [6, 6.07) is 11.8. The van der Waals surface area contributed by atoms with Crippen molar-refractivity contribution in [1.29, 1.82) is 0 Å². The Kier molecular flexibility index (Phi) is 7.24. The van der Waals surface area contributed by atoms with Crippen molar-refractivity contribution in [3.05, 3.63) is 42.5 Å². The van der Waals surface area contributed by atoms with Crippen LogP contribution in [0.3, 0.4) is 0 Å². The normalized spacial score (nSPS) is 11.2. The Hall–Kier alpha value is -2.78. The third kappa shape index (κ3) is 5.14. The highest BCUT2D eigenvalue weighted by molar-refractivity contribution is 7.89. The monoisotopic (exact) mass is 406 g/mol. The Balaban J connectivity index is 2.18. The van der Waals surface area contributed by atoms with E-state index in [1.807, 2.05) is 13.0 Å². The maximum absolute atomic E-state index is 12.4. The zero-order chi connectivity index (χ0) is 20.7. The lowest BCUT2D eigenvalue weighted by atomic mass is 10.2. The van der Waals surface area contributed by atoms with E-state index in [1.54, 1.807) is 24.3 Å². The van der Waals surface area contributed by atoms with Crippen LogP contribution in [0, 0.1) is 0 Å². The van der Waals surface area contributed by atoms with Gasteiger partial charge >= 0.3 is 0 Å². The third-order valence-corrected chi connectivity index (χ3v) is 5.77. The number of hydrogen-bond donors (Lipinski definition) is 3. The second kappa shape index (κ2) is 9.43. The highest BCUT2D eigenvalue weighted by Crippen LogP contribution is 2.27. The predicted molar refractivity (Wildman–Crippen MR) is 112 cm³/mol. The summed E-state index contributed by atoms with van der Waals surface area (Å²) in [5.74, 6) is 0.274. The fraction of sp³-hybridized carbons (Fsp3) is 0.316. The third-order valence-electron chi connectivity index (χ3n) is 3.96. The van der Waals surface area contributed by atoms with Crippen LogP contribution in [-0.4, -0.2) is 52.9 Å². The van der Waals surface area contributed by atoms with Crippen LogP contribution in [0.4, 0.5) is 17.1 Å². The highest BCUT2D eigenvalue weighted by atomic mass is 32.2. The highest BCUT2D eigenvalue weighted by Gasteiger charge is 2.19. The van der Waals surface area contributed by atoms with Gasteiger partial charge in [0.15, 0.2) is 0 Å². The molecule has 0 aliphatic carbocycles. The molecule has 0 saturated heterocycles. The number of ether oxygens (including phenoxy) is 1. The SMILES string of the molecule is CCNc1ccc(S(=O)(=O)N(C)C)cc1NCC(=O)Nc1ccccc1OC. The molecule has 1 amide bonds. The van der Waals surface area contributed by atoms with Crippen molar-refractivity contribution in [2.45, 2.75) is 11.8 Å². The van der Waals surface area contributed by atoms with Gasteiger partial charge < -0.3 is 20.7 Å². The average Bonchev–Trinajstić information content (AvgIpc) is 2.67. The molecule has 0 spiro atoms.